The maximum absolute atomic E-state index is 12.5. The van der Waals surface area contributed by atoms with Gasteiger partial charge >= 0.3 is 12.3 Å². The van der Waals surface area contributed by atoms with E-state index < -0.39 is 31.3 Å². The SMILES string of the molecule is CCc1ccc(CC(=O)COCC(F)(F)C(F)F)s1. The first-order valence-electron chi connectivity index (χ1n) is 5.68. The Morgan fingerprint density at radius 2 is 2.00 bits per heavy atom. The number of carbonyl (C=O) groups excluding carboxylic acids is 1. The predicted molar refractivity (Wildman–Crippen MR) is 64.2 cm³/mol. The summed E-state index contributed by atoms with van der Waals surface area (Å²) in [5.74, 6) is -4.62. The summed E-state index contributed by atoms with van der Waals surface area (Å²) in [5, 5.41) is 0. The largest absolute Gasteiger partial charge is 0.367 e. The highest BCUT2D eigenvalue weighted by Crippen LogP contribution is 2.23. The van der Waals surface area contributed by atoms with Crippen molar-refractivity contribution in [3.63, 3.8) is 0 Å². The number of carbonyl (C=O) groups is 1. The zero-order valence-corrected chi connectivity index (χ0v) is 11.1. The summed E-state index contributed by atoms with van der Waals surface area (Å²) in [6, 6.07) is 3.67. The molecule has 0 saturated carbocycles. The monoisotopic (exact) mass is 298 g/mol. The van der Waals surface area contributed by atoms with Crippen LogP contribution in [0.15, 0.2) is 12.1 Å². The quantitative estimate of drug-likeness (QED) is 0.688. The van der Waals surface area contributed by atoms with Crippen LogP contribution in [-0.4, -0.2) is 31.3 Å². The second-order valence-electron chi connectivity index (χ2n) is 3.99. The van der Waals surface area contributed by atoms with Gasteiger partial charge in [0.05, 0.1) is 0 Å². The Morgan fingerprint density at radius 3 is 2.53 bits per heavy atom. The molecule has 0 aliphatic carbocycles. The second kappa shape index (κ2) is 7.00. The van der Waals surface area contributed by atoms with Gasteiger partial charge in [0, 0.05) is 16.2 Å². The van der Waals surface area contributed by atoms with Gasteiger partial charge in [-0.3, -0.25) is 4.79 Å². The molecule has 19 heavy (non-hydrogen) atoms. The summed E-state index contributed by atoms with van der Waals surface area (Å²) in [4.78, 5) is 13.3. The lowest BCUT2D eigenvalue weighted by molar-refractivity contribution is -0.168. The number of hydrogen-bond acceptors (Lipinski definition) is 3. The van der Waals surface area contributed by atoms with Gasteiger partial charge < -0.3 is 4.74 Å². The van der Waals surface area contributed by atoms with Gasteiger partial charge in [0.25, 0.3) is 0 Å². The molecule has 0 unspecified atom stereocenters. The van der Waals surface area contributed by atoms with Gasteiger partial charge in [-0.05, 0) is 18.6 Å². The van der Waals surface area contributed by atoms with Crippen LogP contribution in [0.4, 0.5) is 17.6 Å². The van der Waals surface area contributed by atoms with Crippen molar-refractivity contribution < 1.29 is 27.1 Å². The Hall–Kier alpha value is -0.950. The van der Waals surface area contributed by atoms with E-state index in [0.717, 1.165) is 16.2 Å². The van der Waals surface area contributed by atoms with Crippen molar-refractivity contribution in [2.45, 2.75) is 32.1 Å². The molecule has 2 nitrogen and oxygen atoms in total. The van der Waals surface area contributed by atoms with Gasteiger partial charge in [0.15, 0.2) is 5.78 Å². The fourth-order valence-electron chi connectivity index (χ4n) is 1.32. The van der Waals surface area contributed by atoms with E-state index in [-0.39, 0.29) is 6.42 Å². The average Bonchev–Trinajstić information content (AvgIpc) is 2.76. The number of thiophene rings is 1. The van der Waals surface area contributed by atoms with Crippen LogP contribution in [0.25, 0.3) is 0 Å². The third kappa shape index (κ3) is 5.28. The van der Waals surface area contributed by atoms with Gasteiger partial charge in [0.1, 0.15) is 13.2 Å². The van der Waals surface area contributed by atoms with E-state index in [2.05, 4.69) is 4.74 Å². The average molecular weight is 298 g/mol. The summed E-state index contributed by atoms with van der Waals surface area (Å²) in [6.45, 7) is -0.0459. The van der Waals surface area contributed by atoms with Crippen LogP contribution in [-0.2, 0) is 22.4 Å². The predicted octanol–water partition coefficient (Wildman–Crippen LogP) is 3.34. The van der Waals surface area contributed by atoms with Gasteiger partial charge in [-0.1, -0.05) is 6.92 Å². The Balaban J connectivity index is 2.32. The summed E-state index contributed by atoms with van der Waals surface area (Å²) in [5.41, 5.74) is 0. The maximum atomic E-state index is 12.5. The maximum Gasteiger partial charge on any atom is 0.330 e. The highest BCUT2D eigenvalue weighted by molar-refractivity contribution is 7.12. The fourth-order valence-corrected chi connectivity index (χ4v) is 2.30. The minimum absolute atomic E-state index is 0.0743. The topological polar surface area (TPSA) is 26.3 Å². The van der Waals surface area contributed by atoms with Crippen molar-refractivity contribution in [1.29, 1.82) is 0 Å². The third-order valence-electron chi connectivity index (χ3n) is 2.31. The number of aryl methyl sites for hydroxylation is 1. The number of alkyl halides is 4. The Morgan fingerprint density at radius 1 is 1.37 bits per heavy atom. The lowest BCUT2D eigenvalue weighted by Crippen LogP contribution is -2.33. The summed E-state index contributed by atoms with van der Waals surface area (Å²) in [7, 11) is 0. The van der Waals surface area contributed by atoms with Crippen molar-refractivity contribution in [2.24, 2.45) is 0 Å². The van der Waals surface area contributed by atoms with E-state index in [1.54, 1.807) is 6.07 Å². The Kier molecular flexibility index (Phi) is 5.93. The fraction of sp³-hybridized carbons (Fsp3) is 0.583. The van der Waals surface area contributed by atoms with E-state index in [9.17, 15) is 22.4 Å². The molecule has 1 rings (SSSR count). The molecule has 0 spiro atoms. The molecule has 0 bridgehead atoms. The first-order chi connectivity index (χ1) is 8.85. The van der Waals surface area contributed by atoms with Gasteiger partial charge in [-0.25, -0.2) is 8.78 Å². The van der Waals surface area contributed by atoms with Crippen molar-refractivity contribution in [2.75, 3.05) is 13.2 Å². The molecular weight excluding hydrogens is 284 g/mol. The van der Waals surface area contributed by atoms with Crippen LogP contribution in [0.1, 0.15) is 16.7 Å². The molecule has 0 saturated heterocycles. The molecule has 108 valence electrons. The highest BCUT2D eigenvalue weighted by atomic mass is 32.1. The number of Topliss-reactive ketones (excluding diaryl/α,β-unsaturated/α-hetero) is 1. The molecule has 0 aliphatic rings. The zero-order chi connectivity index (χ0) is 14.5. The van der Waals surface area contributed by atoms with Crippen LogP contribution >= 0.6 is 11.3 Å². The lowest BCUT2D eigenvalue weighted by Gasteiger charge is -2.14. The standard InChI is InChI=1S/C12H14F4O2S/c1-2-9-3-4-10(19-9)5-8(17)6-18-7-12(15,16)11(13)14/h3-4,11H,2,5-7H2,1H3. The van der Waals surface area contributed by atoms with Crippen LogP contribution in [0, 0.1) is 0 Å². The smallest absolute Gasteiger partial charge is 0.330 e. The molecule has 1 aromatic rings. The summed E-state index contributed by atoms with van der Waals surface area (Å²) < 4.78 is 53.0. The van der Waals surface area contributed by atoms with E-state index in [0.29, 0.717) is 0 Å². The van der Waals surface area contributed by atoms with Crippen LogP contribution in [0.3, 0.4) is 0 Å². The molecule has 1 heterocycles. The van der Waals surface area contributed by atoms with Crippen molar-refractivity contribution in [3.8, 4) is 0 Å². The number of ketones is 1. The minimum atomic E-state index is -4.21. The Labute approximate surface area is 112 Å². The summed E-state index contributed by atoms with van der Waals surface area (Å²) in [6.07, 6.45) is -2.85. The Bertz CT molecular complexity index is 418. The molecule has 0 N–H and O–H groups in total. The second-order valence-corrected chi connectivity index (χ2v) is 5.24. The number of halogens is 4. The van der Waals surface area contributed by atoms with Crippen molar-refractivity contribution >= 4 is 17.1 Å². The molecule has 0 amide bonds. The number of rotatable bonds is 8. The lowest BCUT2D eigenvalue weighted by atomic mass is 10.2. The van der Waals surface area contributed by atoms with Crippen LogP contribution in [0.2, 0.25) is 0 Å². The zero-order valence-electron chi connectivity index (χ0n) is 10.3. The van der Waals surface area contributed by atoms with Gasteiger partial charge in [-0.2, -0.15) is 8.78 Å². The minimum Gasteiger partial charge on any atom is -0.367 e. The van der Waals surface area contributed by atoms with Gasteiger partial charge in [-0.15, -0.1) is 11.3 Å². The molecular formula is C12H14F4O2S. The number of hydrogen-bond donors (Lipinski definition) is 0. The van der Waals surface area contributed by atoms with Crippen molar-refractivity contribution in [3.05, 3.63) is 21.9 Å². The molecule has 1 aromatic heterocycles. The first-order valence-corrected chi connectivity index (χ1v) is 6.49. The highest BCUT2D eigenvalue weighted by Gasteiger charge is 2.41. The normalized spacial score (nSPS) is 12.1. The molecule has 0 radical (unpaired) electrons. The first kappa shape index (κ1) is 16.1. The molecule has 0 atom stereocenters. The molecule has 0 fully saturated rings. The van der Waals surface area contributed by atoms with E-state index in [4.69, 9.17) is 0 Å². The van der Waals surface area contributed by atoms with Crippen LogP contribution in [0.5, 0.6) is 0 Å². The van der Waals surface area contributed by atoms with E-state index in [1.807, 2.05) is 13.0 Å². The van der Waals surface area contributed by atoms with E-state index >= 15 is 0 Å². The number of ether oxygens (including phenoxy) is 1. The van der Waals surface area contributed by atoms with E-state index in [1.165, 1.54) is 11.3 Å². The van der Waals surface area contributed by atoms with Crippen molar-refractivity contribution in [1.82, 2.24) is 0 Å². The van der Waals surface area contributed by atoms with Gasteiger partial charge in [0.2, 0.25) is 0 Å². The summed E-state index contributed by atoms with van der Waals surface area (Å²) >= 11 is 1.46. The van der Waals surface area contributed by atoms with Crippen LogP contribution < -0.4 is 0 Å². The molecule has 7 heteroatoms. The molecule has 0 aliphatic heterocycles. The third-order valence-corrected chi connectivity index (χ3v) is 3.54. The molecule has 0 aromatic carbocycles.